The average molecular weight is 282 g/mol. The molecule has 4 nitrogen and oxygen atoms in total. The summed E-state index contributed by atoms with van der Waals surface area (Å²) < 4.78 is 28.3. The van der Waals surface area contributed by atoms with Crippen LogP contribution in [0.25, 0.3) is 32.0 Å². The molecule has 4 aromatic heterocycles. The van der Waals surface area contributed by atoms with Crippen molar-refractivity contribution in [2.24, 2.45) is 6.98 Å². The molecule has 0 unspecified atom stereocenters. The number of pyridine rings is 2. The van der Waals surface area contributed by atoms with Crippen LogP contribution in [-0.4, -0.2) is 14.5 Å². The Morgan fingerprint density at radius 1 is 1.40 bits per heavy atom. The third-order valence-electron chi connectivity index (χ3n) is 3.82. The lowest BCUT2D eigenvalue weighted by molar-refractivity contribution is -0.644. The van der Waals surface area contributed by atoms with Gasteiger partial charge in [0.2, 0.25) is 5.01 Å². The Labute approximate surface area is 123 Å². The summed E-state index contributed by atoms with van der Waals surface area (Å²) in [4.78, 5) is 8.58. The Kier molecular flexibility index (Phi) is 1.39. The maximum Gasteiger partial charge on any atom is 0.301 e. The van der Waals surface area contributed by atoms with Crippen LogP contribution in [0.2, 0.25) is 0 Å². The third kappa shape index (κ3) is 1.10. The molecule has 5 heterocycles. The molecule has 5 heteroatoms. The SMILES string of the molecule is [2H]C([2H])([2H])n1c2cnccc2c2sc3[n+](c21)Cc1cccnc1-3. The van der Waals surface area contributed by atoms with E-state index in [9.17, 15) is 0 Å². The molecule has 0 N–H and O–H groups in total. The van der Waals surface area contributed by atoms with Gasteiger partial charge < -0.3 is 0 Å². The van der Waals surface area contributed by atoms with Crippen molar-refractivity contribution in [3.8, 4) is 10.7 Å². The fourth-order valence-electron chi connectivity index (χ4n) is 2.94. The molecule has 20 heavy (non-hydrogen) atoms. The second-order valence-electron chi connectivity index (χ2n) is 4.89. The Hall–Kier alpha value is -2.27. The summed E-state index contributed by atoms with van der Waals surface area (Å²) >= 11 is 1.60. The standard InChI is InChI=1S/C15H11N4S/c1-18-11-7-16-6-4-10(11)13-14(18)19-8-9-3-2-5-17-12(9)15(19)20-13/h2-7H,8H2,1H3/q+1/i1D3. The quantitative estimate of drug-likeness (QED) is 0.409. The minimum absolute atomic E-state index is 0.646. The molecule has 0 aromatic carbocycles. The minimum atomic E-state index is -2.26. The highest BCUT2D eigenvalue weighted by atomic mass is 32.1. The van der Waals surface area contributed by atoms with Crippen molar-refractivity contribution in [3.63, 3.8) is 0 Å². The lowest BCUT2D eigenvalue weighted by Gasteiger charge is -1.92. The molecule has 0 amide bonds. The van der Waals surface area contributed by atoms with Gasteiger partial charge in [0.05, 0.1) is 22.7 Å². The van der Waals surface area contributed by atoms with Gasteiger partial charge in [-0.25, -0.2) is 9.13 Å². The molecule has 1 aliphatic heterocycles. The number of nitrogens with zero attached hydrogens (tertiary/aromatic N) is 4. The van der Waals surface area contributed by atoms with Crippen LogP contribution in [0.15, 0.2) is 36.8 Å². The van der Waals surface area contributed by atoms with E-state index in [-0.39, 0.29) is 0 Å². The van der Waals surface area contributed by atoms with Crippen LogP contribution >= 0.6 is 11.3 Å². The van der Waals surface area contributed by atoms with E-state index in [0.29, 0.717) is 12.1 Å². The number of aryl methyl sites for hydroxylation is 1. The van der Waals surface area contributed by atoms with Crippen LogP contribution in [0.3, 0.4) is 0 Å². The van der Waals surface area contributed by atoms with Gasteiger partial charge in [0.15, 0.2) is 5.52 Å². The van der Waals surface area contributed by atoms with Crippen LogP contribution in [0.1, 0.15) is 9.68 Å². The third-order valence-corrected chi connectivity index (χ3v) is 5.04. The van der Waals surface area contributed by atoms with Gasteiger partial charge in [0.1, 0.15) is 16.9 Å². The highest BCUT2D eigenvalue weighted by Gasteiger charge is 2.32. The van der Waals surface area contributed by atoms with Crippen LogP contribution in [0, 0.1) is 0 Å². The summed E-state index contributed by atoms with van der Waals surface area (Å²) in [6.45, 7) is -1.61. The molecule has 4 aromatic rings. The van der Waals surface area contributed by atoms with Gasteiger partial charge in [0.25, 0.3) is 0 Å². The lowest BCUT2D eigenvalue weighted by Crippen LogP contribution is -2.32. The zero-order valence-corrected chi connectivity index (χ0v) is 11.2. The van der Waals surface area contributed by atoms with E-state index in [1.165, 1.54) is 4.57 Å². The van der Waals surface area contributed by atoms with Gasteiger partial charge >= 0.3 is 5.65 Å². The summed E-state index contributed by atoms with van der Waals surface area (Å²) in [5.74, 6) is 0. The van der Waals surface area contributed by atoms with Crippen molar-refractivity contribution in [1.82, 2.24) is 14.5 Å². The molecule has 0 radical (unpaired) electrons. The fourth-order valence-corrected chi connectivity index (χ4v) is 4.25. The molecule has 5 rings (SSSR count). The molecule has 0 spiro atoms. The highest BCUT2D eigenvalue weighted by molar-refractivity contribution is 7.22. The molecule has 1 aliphatic rings. The van der Waals surface area contributed by atoms with Gasteiger partial charge in [-0.15, -0.1) is 0 Å². The van der Waals surface area contributed by atoms with Crippen LogP contribution in [-0.2, 0) is 13.5 Å². The van der Waals surface area contributed by atoms with Gasteiger partial charge in [-0.3, -0.25) is 9.97 Å². The van der Waals surface area contributed by atoms with Crippen LogP contribution in [0.5, 0.6) is 0 Å². The number of hydrogen-bond donors (Lipinski definition) is 0. The van der Waals surface area contributed by atoms with Crippen LogP contribution < -0.4 is 4.57 Å². The van der Waals surface area contributed by atoms with E-state index < -0.39 is 6.98 Å². The number of fused-ring (bicyclic) bond motifs is 7. The maximum absolute atomic E-state index is 7.96. The Bertz CT molecular complexity index is 1090. The summed E-state index contributed by atoms with van der Waals surface area (Å²) in [6, 6.07) is 5.83. The molecule has 0 saturated carbocycles. The van der Waals surface area contributed by atoms with Gasteiger partial charge in [0, 0.05) is 18.0 Å². The highest BCUT2D eigenvalue weighted by Crippen LogP contribution is 2.38. The van der Waals surface area contributed by atoms with E-state index in [4.69, 9.17) is 4.11 Å². The first-order valence-corrected chi connectivity index (χ1v) is 7.13. The van der Waals surface area contributed by atoms with Crippen LogP contribution in [0.4, 0.5) is 0 Å². The van der Waals surface area contributed by atoms with Crippen molar-refractivity contribution < 1.29 is 8.68 Å². The fraction of sp³-hybridized carbons (Fsp3) is 0.133. The molecular formula is C15H11N4S+. The predicted molar refractivity (Wildman–Crippen MR) is 78.6 cm³/mol. The first-order valence-electron chi connectivity index (χ1n) is 7.81. The number of rotatable bonds is 0. The molecule has 0 aliphatic carbocycles. The van der Waals surface area contributed by atoms with E-state index >= 15 is 0 Å². The molecule has 0 saturated heterocycles. The molecule has 0 fully saturated rings. The predicted octanol–water partition coefficient (Wildman–Crippen LogP) is 2.50. The van der Waals surface area contributed by atoms with E-state index in [0.717, 1.165) is 32.0 Å². The average Bonchev–Trinajstić information content (AvgIpc) is 3.13. The molecular weight excluding hydrogens is 268 g/mol. The largest absolute Gasteiger partial charge is 0.301 e. The summed E-state index contributed by atoms with van der Waals surface area (Å²) in [5.41, 5.74) is 3.45. The van der Waals surface area contributed by atoms with E-state index in [2.05, 4.69) is 14.5 Å². The van der Waals surface area contributed by atoms with Gasteiger partial charge in [-0.2, -0.15) is 0 Å². The smallest absolute Gasteiger partial charge is 0.260 e. The van der Waals surface area contributed by atoms with Crippen molar-refractivity contribution in [2.75, 3.05) is 0 Å². The Morgan fingerprint density at radius 2 is 2.40 bits per heavy atom. The molecule has 0 atom stereocenters. The zero-order valence-electron chi connectivity index (χ0n) is 13.4. The Morgan fingerprint density at radius 3 is 3.35 bits per heavy atom. The molecule has 0 bridgehead atoms. The second kappa shape index (κ2) is 3.43. The zero-order chi connectivity index (χ0) is 15.8. The second-order valence-corrected chi connectivity index (χ2v) is 5.88. The maximum atomic E-state index is 7.96. The minimum Gasteiger partial charge on any atom is -0.260 e. The van der Waals surface area contributed by atoms with Gasteiger partial charge in [-0.1, -0.05) is 17.4 Å². The lowest BCUT2D eigenvalue weighted by atomic mass is 10.2. The monoisotopic (exact) mass is 282 g/mol. The first-order chi connectivity index (χ1) is 11.1. The van der Waals surface area contributed by atoms with E-state index in [1.54, 1.807) is 29.9 Å². The van der Waals surface area contributed by atoms with Crippen molar-refractivity contribution in [3.05, 3.63) is 42.4 Å². The Balaban J connectivity index is 1.97. The normalized spacial score (nSPS) is 15.9. The number of thiazole rings is 1. The number of hydrogen-bond acceptors (Lipinski definition) is 3. The summed E-state index contributed by atoms with van der Waals surface area (Å²) in [5, 5.41) is 1.94. The molecule has 96 valence electrons. The summed E-state index contributed by atoms with van der Waals surface area (Å²) in [6.07, 6.45) is 5.10. The van der Waals surface area contributed by atoms with Crippen molar-refractivity contribution in [1.29, 1.82) is 0 Å². The van der Waals surface area contributed by atoms with Crippen molar-refractivity contribution in [2.45, 2.75) is 6.54 Å². The topological polar surface area (TPSA) is 34.6 Å². The summed E-state index contributed by atoms with van der Waals surface area (Å²) in [7, 11) is 0. The first kappa shape index (κ1) is 8.11. The van der Waals surface area contributed by atoms with E-state index in [1.807, 2.05) is 18.2 Å². The van der Waals surface area contributed by atoms with Gasteiger partial charge in [-0.05, 0) is 12.1 Å². The van der Waals surface area contributed by atoms with Crippen molar-refractivity contribution >= 4 is 32.6 Å². The number of aromatic nitrogens is 4.